The second kappa shape index (κ2) is 39.4. The molecule has 6 atom stereocenters. The van der Waals surface area contributed by atoms with Gasteiger partial charge in [-0.05, 0) is 96.3 Å². The van der Waals surface area contributed by atoms with Crippen molar-refractivity contribution >= 4 is 16.4 Å². The number of allylic oxidation sites excluding steroid dienone is 18. The van der Waals surface area contributed by atoms with Gasteiger partial charge in [0.05, 0.1) is 19.8 Å². The Bertz CT molecular complexity index is 1490. The Hall–Kier alpha value is -3.24. The van der Waals surface area contributed by atoms with Crippen LogP contribution < -0.4 is 0 Å². The first kappa shape index (κ1) is 56.8. The molecule has 0 bridgehead atoms. The fraction of sp³-hybridized carbons (Fsp3) is 0.612. The molecule has 6 unspecified atom stereocenters. The highest BCUT2D eigenvalue weighted by Crippen LogP contribution is 2.26. The van der Waals surface area contributed by atoms with Crippen LogP contribution in [0.3, 0.4) is 0 Å². The Morgan fingerprint density at radius 2 is 1.06 bits per heavy atom. The molecule has 1 aliphatic heterocycles. The van der Waals surface area contributed by atoms with Crippen LogP contribution in [0.5, 0.6) is 0 Å². The number of ether oxygens (including phenoxy) is 4. The maximum atomic E-state index is 12.9. The highest BCUT2D eigenvalue weighted by Gasteiger charge is 2.48. The van der Waals surface area contributed by atoms with E-state index in [1.165, 1.54) is 0 Å². The summed E-state index contributed by atoms with van der Waals surface area (Å²) in [6.45, 7) is 3.60. The molecule has 0 amide bonds. The molecular weight excluding hydrogens is 813 g/mol. The van der Waals surface area contributed by atoms with E-state index in [9.17, 15) is 28.5 Å². The van der Waals surface area contributed by atoms with Crippen LogP contribution >= 0.6 is 0 Å². The number of aliphatic hydroxyl groups is 3. The van der Waals surface area contributed by atoms with Crippen molar-refractivity contribution in [1.82, 2.24) is 0 Å². The molecule has 62 heavy (non-hydrogen) atoms. The summed E-state index contributed by atoms with van der Waals surface area (Å²) in [5.74, 6) is -0.448. The fourth-order valence-electron chi connectivity index (χ4n) is 6.04. The van der Waals surface area contributed by atoms with Gasteiger partial charge in [0, 0.05) is 13.0 Å². The van der Waals surface area contributed by atoms with Gasteiger partial charge in [-0.25, -0.2) is 4.18 Å². The predicted molar refractivity (Wildman–Crippen MR) is 248 cm³/mol. The van der Waals surface area contributed by atoms with Crippen molar-refractivity contribution in [3.63, 3.8) is 0 Å². The summed E-state index contributed by atoms with van der Waals surface area (Å²) < 4.78 is 59.0. The van der Waals surface area contributed by atoms with Crippen molar-refractivity contribution in [3.05, 3.63) is 109 Å². The van der Waals surface area contributed by atoms with E-state index in [1.807, 2.05) is 0 Å². The summed E-state index contributed by atoms with van der Waals surface area (Å²) in [7, 11) is -5.08. The monoisotopic (exact) mass is 891 g/mol. The van der Waals surface area contributed by atoms with Gasteiger partial charge in [0.15, 0.2) is 6.29 Å². The van der Waals surface area contributed by atoms with Crippen molar-refractivity contribution in [3.8, 4) is 0 Å². The first-order valence-electron chi connectivity index (χ1n) is 22.6. The molecule has 0 spiro atoms. The third-order valence-corrected chi connectivity index (χ3v) is 9.86. The molecule has 4 N–H and O–H groups in total. The molecule has 12 nitrogen and oxygen atoms in total. The van der Waals surface area contributed by atoms with Crippen LogP contribution in [-0.2, 0) is 38.3 Å². The molecule has 1 aliphatic rings. The Kier molecular flexibility index (Phi) is 36.0. The van der Waals surface area contributed by atoms with Crippen LogP contribution in [0.1, 0.15) is 129 Å². The summed E-state index contributed by atoms with van der Waals surface area (Å²) in [4.78, 5) is 12.9. The van der Waals surface area contributed by atoms with Crippen LogP contribution in [0, 0.1) is 0 Å². The van der Waals surface area contributed by atoms with Gasteiger partial charge < -0.3 is 34.3 Å². The minimum absolute atomic E-state index is 0.00745. The molecule has 352 valence electrons. The molecule has 0 radical (unpaired) electrons. The van der Waals surface area contributed by atoms with E-state index in [2.05, 4.69) is 127 Å². The molecule has 1 fully saturated rings. The van der Waals surface area contributed by atoms with Gasteiger partial charge in [-0.3, -0.25) is 9.35 Å². The van der Waals surface area contributed by atoms with E-state index in [-0.39, 0.29) is 19.6 Å². The SMILES string of the molecule is CC/C=C\C/C=C\C/C=C\C/C=C\C/C=C\CCCCCC(=O)OC(COCCCCC/C=C\C/C=C\C/C=C\C/C=C\CC)COC1OC(CO)C(O)C(OS(=O)(=O)O)C1O. The molecule has 1 rings (SSSR count). The third kappa shape index (κ3) is 32.4. The van der Waals surface area contributed by atoms with Gasteiger partial charge >= 0.3 is 16.4 Å². The zero-order valence-corrected chi connectivity index (χ0v) is 38.2. The van der Waals surface area contributed by atoms with Crippen LogP contribution in [0.15, 0.2) is 109 Å². The lowest BCUT2D eigenvalue weighted by Crippen LogP contribution is -2.60. The van der Waals surface area contributed by atoms with Gasteiger partial charge in [0.2, 0.25) is 0 Å². The van der Waals surface area contributed by atoms with Crippen molar-refractivity contribution in [2.45, 2.75) is 166 Å². The van der Waals surface area contributed by atoms with E-state index in [0.29, 0.717) is 13.0 Å². The molecule has 0 saturated carbocycles. The van der Waals surface area contributed by atoms with Gasteiger partial charge in [-0.2, -0.15) is 8.42 Å². The van der Waals surface area contributed by atoms with Crippen molar-refractivity contribution in [2.24, 2.45) is 0 Å². The molecule has 0 aromatic rings. The van der Waals surface area contributed by atoms with Gasteiger partial charge in [-0.15, -0.1) is 0 Å². The topological polar surface area (TPSA) is 178 Å². The highest BCUT2D eigenvalue weighted by molar-refractivity contribution is 7.80. The largest absolute Gasteiger partial charge is 0.457 e. The first-order chi connectivity index (χ1) is 30.1. The standard InChI is InChI=1S/C49H78O12S/c1-3-5-7-9-11-13-15-17-19-21-22-23-24-26-28-30-32-34-36-38-45(51)59-43(42-58-49-47(53)48(61-62(54,55)56)46(52)44(40-50)60-49)41-57-39-37-35-33-31-29-27-25-20-18-16-14-12-10-8-6-4-2/h5-8,11-14,17-20,22-23,26-29,43-44,46-50,52-53H,3-4,9-10,15-16,21,24-25,30-42H2,1-2H3,(H,54,55,56)/b7-5-,8-6-,13-11-,14-12-,19-17-,20-18-,23-22-,28-26-,29-27-. The normalized spacial score (nSPS) is 21.0. The predicted octanol–water partition coefficient (Wildman–Crippen LogP) is 9.63. The first-order valence-corrected chi connectivity index (χ1v) is 24.0. The molecule has 1 saturated heterocycles. The lowest BCUT2D eigenvalue weighted by molar-refractivity contribution is -0.301. The minimum atomic E-state index is -5.08. The van der Waals surface area contributed by atoms with Crippen molar-refractivity contribution < 1.29 is 56.2 Å². The van der Waals surface area contributed by atoms with E-state index >= 15 is 0 Å². The van der Waals surface area contributed by atoms with Crippen LogP contribution in [0.2, 0.25) is 0 Å². The number of hydrogen-bond acceptors (Lipinski definition) is 11. The number of aliphatic hydroxyl groups excluding tert-OH is 3. The number of esters is 1. The zero-order chi connectivity index (χ0) is 45.4. The number of hydrogen-bond donors (Lipinski definition) is 4. The second-order valence-electron chi connectivity index (χ2n) is 14.9. The van der Waals surface area contributed by atoms with E-state index < -0.39 is 59.8 Å². The summed E-state index contributed by atoms with van der Waals surface area (Å²) in [6, 6.07) is 0. The maximum Gasteiger partial charge on any atom is 0.397 e. The molecule has 13 heteroatoms. The molecule has 0 aliphatic carbocycles. The fourth-order valence-corrected chi connectivity index (χ4v) is 6.55. The van der Waals surface area contributed by atoms with Crippen LogP contribution in [0.25, 0.3) is 0 Å². The van der Waals surface area contributed by atoms with Gasteiger partial charge in [0.1, 0.15) is 30.5 Å². The smallest absolute Gasteiger partial charge is 0.397 e. The van der Waals surface area contributed by atoms with E-state index in [1.54, 1.807) is 0 Å². The Balaban J connectivity index is 2.50. The summed E-state index contributed by atoms with van der Waals surface area (Å²) >= 11 is 0. The summed E-state index contributed by atoms with van der Waals surface area (Å²) in [5, 5.41) is 30.7. The molecular formula is C49H78O12S. The lowest BCUT2D eigenvalue weighted by atomic mass is 9.99. The maximum absolute atomic E-state index is 12.9. The summed E-state index contributed by atoms with van der Waals surface area (Å²) in [5.41, 5.74) is 0. The number of carbonyl (C=O) groups excluding carboxylic acids is 1. The van der Waals surface area contributed by atoms with E-state index in [4.69, 9.17) is 23.5 Å². The number of unbranched alkanes of at least 4 members (excludes halogenated alkanes) is 6. The van der Waals surface area contributed by atoms with Crippen molar-refractivity contribution in [1.29, 1.82) is 0 Å². The third-order valence-electron chi connectivity index (χ3n) is 9.39. The zero-order valence-electron chi connectivity index (χ0n) is 37.4. The molecule has 1 heterocycles. The average Bonchev–Trinajstić information content (AvgIpc) is 3.24. The quantitative estimate of drug-likeness (QED) is 0.0201. The second-order valence-corrected chi connectivity index (χ2v) is 15.9. The number of rotatable bonds is 37. The van der Waals surface area contributed by atoms with Gasteiger partial charge in [0.25, 0.3) is 0 Å². The highest BCUT2D eigenvalue weighted by atomic mass is 32.3. The Labute approximate surface area is 373 Å². The Morgan fingerprint density at radius 1 is 0.613 bits per heavy atom. The Morgan fingerprint density at radius 3 is 1.52 bits per heavy atom. The average molecular weight is 891 g/mol. The summed E-state index contributed by atoms with van der Waals surface area (Å²) in [6.07, 6.45) is 45.5. The lowest BCUT2D eigenvalue weighted by Gasteiger charge is -2.41. The van der Waals surface area contributed by atoms with Crippen LogP contribution in [-0.4, -0.2) is 97.5 Å². The van der Waals surface area contributed by atoms with Gasteiger partial charge in [-0.1, -0.05) is 136 Å². The molecule has 0 aromatic heterocycles. The van der Waals surface area contributed by atoms with E-state index in [0.717, 1.165) is 103 Å². The molecule has 0 aromatic carbocycles. The number of carbonyl (C=O) groups is 1. The van der Waals surface area contributed by atoms with Crippen LogP contribution in [0.4, 0.5) is 0 Å². The minimum Gasteiger partial charge on any atom is -0.457 e. The van der Waals surface area contributed by atoms with Crippen molar-refractivity contribution in [2.75, 3.05) is 26.4 Å².